The molecule has 5 heteroatoms. The topological polar surface area (TPSA) is 89.8 Å². The molecular weight excluding hydrogens is 486 g/mol. The number of aliphatic hydroxyl groups excluding tert-OH is 3. The molecule has 5 nitrogen and oxygen atoms in total. The molecule has 1 amide bonds. The van der Waals surface area contributed by atoms with E-state index in [4.69, 9.17) is 5.11 Å². The van der Waals surface area contributed by atoms with Crippen molar-refractivity contribution in [3.05, 3.63) is 12.2 Å². The van der Waals surface area contributed by atoms with Crippen molar-refractivity contribution in [1.29, 1.82) is 0 Å². The molecule has 0 aliphatic rings. The van der Waals surface area contributed by atoms with Crippen LogP contribution in [0.1, 0.15) is 174 Å². The summed E-state index contributed by atoms with van der Waals surface area (Å²) in [7, 11) is 0. The Balaban J connectivity index is 3.59. The Morgan fingerprint density at radius 1 is 0.615 bits per heavy atom. The summed E-state index contributed by atoms with van der Waals surface area (Å²) in [4.78, 5) is 12.3. The standard InChI is InChI=1S/C34H67NO4/c1-2-3-4-5-6-7-8-10-14-17-20-23-26-29-34(39)35-32(31-37)33(38)28-25-22-19-16-13-11-9-12-15-18-21-24-27-30-36/h9,12,32-33,36-38H,2-8,10-11,13-31H2,1H3,(H,35,39)/b12-9+. The third kappa shape index (κ3) is 28.4. The minimum atomic E-state index is -0.675. The second-order valence-corrected chi connectivity index (χ2v) is 11.7. The summed E-state index contributed by atoms with van der Waals surface area (Å²) >= 11 is 0. The van der Waals surface area contributed by atoms with Gasteiger partial charge in [0.1, 0.15) is 0 Å². The van der Waals surface area contributed by atoms with Gasteiger partial charge in [-0.2, -0.15) is 0 Å². The summed E-state index contributed by atoms with van der Waals surface area (Å²) < 4.78 is 0. The predicted molar refractivity (Wildman–Crippen MR) is 167 cm³/mol. The molecule has 0 fully saturated rings. The zero-order valence-electron chi connectivity index (χ0n) is 25.9. The third-order valence-electron chi connectivity index (χ3n) is 7.83. The van der Waals surface area contributed by atoms with Gasteiger partial charge in [0.15, 0.2) is 0 Å². The van der Waals surface area contributed by atoms with Crippen molar-refractivity contribution in [3.63, 3.8) is 0 Å². The molecule has 232 valence electrons. The molecule has 0 aromatic heterocycles. The van der Waals surface area contributed by atoms with Crippen LogP contribution in [0.15, 0.2) is 12.2 Å². The minimum Gasteiger partial charge on any atom is -0.396 e. The van der Waals surface area contributed by atoms with Gasteiger partial charge in [-0.25, -0.2) is 0 Å². The van der Waals surface area contributed by atoms with Gasteiger partial charge < -0.3 is 20.6 Å². The summed E-state index contributed by atoms with van der Waals surface area (Å²) in [5.74, 6) is -0.0469. The molecule has 0 saturated heterocycles. The van der Waals surface area contributed by atoms with Crippen LogP contribution >= 0.6 is 0 Å². The number of unbranched alkanes of at least 4 members (excludes halogenated alkanes) is 21. The number of nitrogens with one attached hydrogen (secondary N) is 1. The van der Waals surface area contributed by atoms with E-state index in [0.29, 0.717) is 19.4 Å². The molecule has 0 aliphatic carbocycles. The maximum Gasteiger partial charge on any atom is 0.220 e. The fourth-order valence-electron chi connectivity index (χ4n) is 5.16. The van der Waals surface area contributed by atoms with Gasteiger partial charge in [-0.15, -0.1) is 0 Å². The Bertz CT molecular complexity index is 525. The van der Waals surface area contributed by atoms with Gasteiger partial charge in [0, 0.05) is 13.0 Å². The van der Waals surface area contributed by atoms with E-state index < -0.39 is 12.1 Å². The summed E-state index contributed by atoms with van der Waals surface area (Å²) in [6.07, 6.45) is 34.1. The van der Waals surface area contributed by atoms with E-state index in [1.165, 1.54) is 96.3 Å². The van der Waals surface area contributed by atoms with E-state index in [9.17, 15) is 15.0 Å². The molecule has 4 N–H and O–H groups in total. The van der Waals surface area contributed by atoms with Crippen LogP contribution in [-0.4, -0.2) is 46.6 Å². The van der Waals surface area contributed by atoms with E-state index in [2.05, 4.69) is 24.4 Å². The number of carbonyl (C=O) groups excluding carboxylic acids is 1. The fraction of sp³-hybridized carbons (Fsp3) is 0.912. The van der Waals surface area contributed by atoms with Crippen molar-refractivity contribution >= 4 is 5.91 Å². The normalized spacial score (nSPS) is 13.2. The number of allylic oxidation sites excluding steroid dienone is 2. The van der Waals surface area contributed by atoms with E-state index in [0.717, 1.165) is 57.8 Å². The quantitative estimate of drug-likeness (QED) is 0.0511. The highest BCUT2D eigenvalue weighted by atomic mass is 16.3. The number of hydrogen-bond donors (Lipinski definition) is 4. The molecule has 0 radical (unpaired) electrons. The zero-order valence-corrected chi connectivity index (χ0v) is 25.9. The van der Waals surface area contributed by atoms with Gasteiger partial charge in [0.05, 0.1) is 18.8 Å². The Hall–Kier alpha value is -0.910. The van der Waals surface area contributed by atoms with Crippen LogP contribution in [-0.2, 0) is 4.79 Å². The van der Waals surface area contributed by atoms with Crippen molar-refractivity contribution in [2.45, 2.75) is 186 Å². The smallest absolute Gasteiger partial charge is 0.220 e. The van der Waals surface area contributed by atoms with Gasteiger partial charge in [-0.3, -0.25) is 4.79 Å². The molecule has 0 spiro atoms. The maximum atomic E-state index is 12.3. The average Bonchev–Trinajstić information content (AvgIpc) is 2.94. The second-order valence-electron chi connectivity index (χ2n) is 11.7. The van der Waals surface area contributed by atoms with Crippen LogP contribution in [0.4, 0.5) is 0 Å². The molecule has 0 heterocycles. The largest absolute Gasteiger partial charge is 0.396 e. The fourth-order valence-corrected chi connectivity index (χ4v) is 5.16. The van der Waals surface area contributed by atoms with Crippen LogP contribution in [0.2, 0.25) is 0 Å². The third-order valence-corrected chi connectivity index (χ3v) is 7.83. The summed E-state index contributed by atoms with van der Waals surface area (Å²) in [5, 5.41) is 31.7. The summed E-state index contributed by atoms with van der Waals surface area (Å²) in [6.45, 7) is 2.37. The van der Waals surface area contributed by atoms with Crippen LogP contribution in [0.25, 0.3) is 0 Å². The van der Waals surface area contributed by atoms with Crippen molar-refractivity contribution in [2.75, 3.05) is 13.2 Å². The van der Waals surface area contributed by atoms with Gasteiger partial charge in [-0.05, 0) is 44.9 Å². The van der Waals surface area contributed by atoms with Crippen molar-refractivity contribution < 1.29 is 20.1 Å². The van der Waals surface area contributed by atoms with Gasteiger partial charge >= 0.3 is 0 Å². The highest BCUT2D eigenvalue weighted by molar-refractivity contribution is 5.76. The van der Waals surface area contributed by atoms with Crippen LogP contribution in [0, 0.1) is 0 Å². The molecule has 2 unspecified atom stereocenters. The maximum absolute atomic E-state index is 12.3. The van der Waals surface area contributed by atoms with Gasteiger partial charge in [-0.1, -0.05) is 135 Å². The first-order chi connectivity index (χ1) is 19.2. The molecule has 0 aromatic carbocycles. The van der Waals surface area contributed by atoms with Crippen LogP contribution in [0.3, 0.4) is 0 Å². The summed E-state index contributed by atoms with van der Waals surface area (Å²) in [6, 6.07) is -0.548. The minimum absolute atomic E-state index is 0.0469. The van der Waals surface area contributed by atoms with Crippen molar-refractivity contribution in [3.8, 4) is 0 Å². The number of carbonyl (C=O) groups is 1. The Kier molecular flexibility index (Phi) is 30.9. The predicted octanol–water partition coefficient (Wildman–Crippen LogP) is 8.54. The molecule has 0 saturated carbocycles. The van der Waals surface area contributed by atoms with Crippen LogP contribution < -0.4 is 5.32 Å². The second kappa shape index (κ2) is 31.6. The number of rotatable bonds is 31. The Labute approximate surface area is 242 Å². The van der Waals surface area contributed by atoms with Crippen LogP contribution in [0.5, 0.6) is 0 Å². The number of amides is 1. The van der Waals surface area contributed by atoms with Crippen molar-refractivity contribution in [2.24, 2.45) is 0 Å². The average molecular weight is 554 g/mol. The summed E-state index contributed by atoms with van der Waals surface area (Å²) in [5.41, 5.74) is 0. The first kappa shape index (κ1) is 38.1. The lowest BCUT2D eigenvalue weighted by atomic mass is 10.0. The van der Waals surface area contributed by atoms with E-state index >= 15 is 0 Å². The first-order valence-electron chi connectivity index (χ1n) is 17.0. The molecule has 2 atom stereocenters. The molecular formula is C34H67NO4. The number of aliphatic hydroxyl groups is 3. The SMILES string of the molecule is CCCCCCCCCCCCCCCC(=O)NC(CO)C(O)CCCCCCC/C=C/CCCCCCO. The molecule has 0 bridgehead atoms. The van der Waals surface area contributed by atoms with E-state index in [-0.39, 0.29) is 12.5 Å². The Morgan fingerprint density at radius 2 is 1.05 bits per heavy atom. The highest BCUT2D eigenvalue weighted by Crippen LogP contribution is 2.14. The highest BCUT2D eigenvalue weighted by Gasteiger charge is 2.19. The number of hydrogen-bond acceptors (Lipinski definition) is 4. The lowest BCUT2D eigenvalue weighted by molar-refractivity contribution is -0.123. The van der Waals surface area contributed by atoms with Crippen molar-refractivity contribution in [1.82, 2.24) is 5.32 Å². The molecule has 39 heavy (non-hydrogen) atoms. The van der Waals surface area contributed by atoms with E-state index in [1.54, 1.807) is 0 Å². The van der Waals surface area contributed by atoms with E-state index in [1.807, 2.05) is 0 Å². The van der Waals surface area contributed by atoms with Gasteiger partial charge in [0.25, 0.3) is 0 Å². The lowest BCUT2D eigenvalue weighted by Gasteiger charge is -2.22. The molecule has 0 rings (SSSR count). The molecule has 0 aromatic rings. The Morgan fingerprint density at radius 3 is 1.54 bits per heavy atom. The zero-order chi connectivity index (χ0) is 28.7. The monoisotopic (exact) mass is 554 g/mol. The molecule has 0 aliphatic heterocycles. The van der Waals surface area contributed by atoms with Gasteiger partial charge in [0.2, 0.25) is 5.91 Å². The lowest BCUT2D eigenvalue weighted by Crippen LogP contribution is -2.45. The first-order valence-corrected chi connectivity index (χ1v) is 17.0.